The number of hydrogen-bond acceptors (Lipinski definition) is 3. The van der Waals surface area contributed by atoms with Crippen molar-refractivity contribution in [3.8, 4) is 5.88 Å². The van der Waals surface area contributed by atoms with Crippen molar-refractivity contribution in [2.45, 2.75) is 12.9 Å². The maximum absolute atomic E-state index is 12.1. The standard InChI is InChI=1S/C16H12F3N3O2/c17-16(18,19)24-14-4-3-12(9-21-14)15(23)22-8-10-1-2-11-5-6-20-13(11)7-10/h1-7,9,20H,8H2,(H,22,23). The van der Waals surface area contributed by atoms with Crippen LogP contribution in [-0.4, -0.2) is 22.2 Å². The molecule has 124 valence electrons. The second-order valence-corrected chi connectivity index (χ2v) is 5.01. The average molecular weight is 335 g/mol. The minimum atomic E-state index is -4.81. The number of aromatic amines is 1. The molecule has 0 saturated heterocycles. The number of rotatable bonds is 4. The number of nitrogens with zero attached hydrogens (tertiary/aromatic N) is 1. The van der Waals surface area contributed by atoms with Crippen molar-refractivity contribution in [1.29, 1.82) is 0 Å². The molecule has 24 heavy (non-hydrogen) atoms. The van der Waals surface area contributed by atoms with Gasteiger partial charge >= 0.3 is 6.36 Å². The van der Waals surface area contributed by atoms with Crippen LogP contribution in [0.15, 0.2) is 48.8 Å². The Balaban J connectivity index is 1.62. The second kappa shape index (κ2) is 6.23. The molecule has 2 heterocycles. The number of carbonyl (C=O) groups excluding carboxylic acids is 1. The van der Waals surface area contributed by atoms with Gasteiger partial charge in [-0.1, -0.05) is 12.1 Å². The molecule has 0 bridgehead atoms. The third-order valence-electron chi connectivity index (χ3n) is 3.29. The Bertz CT molecular complexity index is 857. The maximum Gasteiger partial charge on any atom is 0.574 e. The van der Waals surface area contributed by atoms with Gasteiger partial charge in [0.1, 0.15) is 0 Å². The first-order chi connectivity index (χ1) is 11.4. The lowest BCUT2D eigenvalue weighted by atomic mass is 10.1. The fourth-order valence-electron chi connectivity index (χ4n) is 2.18. The minimum Gasteiger partial charge on any atom is -0.388 e. The molecule has 3 rings (SSSR count). The molecule has 2 N–H and O–H groups in total. The molecular formula is C16H12F3N3O2. The number of aromatic nitrogens is 2. The highest BCUT2D eigenvalue weighted by Crippen LogP contribution is 2.20. The van der Waals surface area contributed by atoms with Crippen molar-refractivity contribution in [2.24, 2.45) is 0 Å². The molecular weight excluding hydrogens is 323 g/mol. The summed E-state index contributed by atoms with van der Waals surface area (Å²) in [5, 5.41) is 3.75. The lowest BCUT2D eigenvalue weighted by Gasteiger charge is -2.08. The molecule has 0 aliphatic carbocycles. The Hall–Kier alpha value is -3.03. The van der Waals surface area contributed by atoms with Crippen LogP contribution in [0.3, 0.4) is 0 Å². The van der Waals surface area contributed by atoms with E-state index < -0.39 is 18.1 Å². The first-order valence-corrected chi connectivity index (χ1v) is 6.97. The maximum atomic E-state index is 12.1. The second-order valence-electron chi connectivity index (χ2n) is 5.01. The van der Waals surface area contributed by atoms with Crippen LogP contribution in [0.25, 0.3) is 10.9 Å². The van der Waals surface area contributed by atoms with Gasteiger partial charge in [-0.15, -0.1) is 13.2 Å². The number of halogens is 3. The third-order valence-corrected chi connectivity index (χ3v) is 3.29. The van der Waals surface area contributed by atoms with Crippen molar-refractivity contribution in [1.82, 2.24) is 15.3 Å². The first-order valence-electron chi connectivity index (χ1n) is 6.97. The van der Waals surface area contributed by atoms with Crippen molar-refractivity contribution in [3.63, 3.8) is 0 Å². The van der Waals surface area contributed by atoms with Crippen molar-refractivity contribution >= 4 is 16.8 Å². The normalized spacial score (nSPS) is 11.5. The molecule has 1 amide bonds. The molecule has 0 atom stereocenters. The Morgan fingerprint density at radius 3 is 2.75 bits per heavy atom. The SMILES string of the molecule is O=C(NCc1ccc2cc[nH]c2c1)c1ccc(OC(F)(F)F)nc1. The number of hydrogen-bond donors (Lipinski definition) is 2. The van der Waals surface area contributed by atoms with Gasteiger partial charge < -0.3 is 15.0 Å². The molecule has 0 unspecified atom stereocenters. The first kappa shape index (κ1) is 15.9. The topological polar surface area (TPSA) is 67.0 Å². The number of pyridine rings is 1. The highest BCUT2D eigenvalue weighted by atomic mass is 19.4. The van der Waals surface area contributed by atoms with Gasteiger partial charge in [0.15, 0.2) is 0 Å². The summed E-state index contributed by atoms with van der Waals surface area (Å²) in [6, 6.07) is 9.88. The Morgan fingerprint density at radius 1 is 1.21 bits per heavy atom. The molecule has 0 aliphatic heterocycles. The minimum absolute atomic E-state index is 0.144. The summed E-state index contributed by atoms with van der Waals surface area (Å²) < 4.78 is 39.8. The van der Waals surface area contributed by atoms with Crippen LogP contribution < -0.4 is 10.1 Å². The molecule has 1 aromatic carbocycles. The summed E-state index contributed by atoms with van der Waals surface area (Å²) in [5.41, 5.74) is 1.99. The van der Waals surface area contributed by atoms with Gasteiger partial charge in [-0.2, -0.15) is 0 Å². The smallest absolute Gasteiger partial charge is 0.388 e. The molecule has 0 radical (unpaired) electrons. The van der Waals surface area contributed by atoms with E-state index in [0.717, 1.165) is 28.7 Å². The molecule has 3 aromatic rings. The van der Waals surface area contributed by atoms with Gasteiger partial charge in [0.05, 0.1) is 5.56 Å². The van der Waals surface area contributed by atoms with Crippen LogP contribution in [-0.2, 0) is 6.54 Å². The van der Waals surface area contributed by atoms with Crippen LogP contribution in [0.5, 0.6) is 5.88 Å². The molecule has 0 saturated carbocycles. The monoisotopic (exact) mass is 335 g/mol. The average Bonchev–Trinajstić information content (AvgIpc) is 2.99. The predicted octanol–water partition coefficient (Wildman–Crippen LogP) is 3.39. The number of benzene rings is 1. The fraction of sp³-hybridized carbons (Fsp3) is 0.125. The largest absolute Gasteiger partial charge is 0.574 e. The van der Waals surface area contributed by atoms with E-state index in [1.807, 2.05) is 30.5 Å². The summed E-state index contributed by atoms with van der Waals surface area (Å²) in [6.07, 6.45) is -1.96. The molecule has 0 aliphatic rings. The fourth-order valence-corrected chi connectivity index (χ4v) is 2.18. The van der Waals surface area contributed by atoms with E-state index in [1.165, 1.54) is 6.07 Å². The van der Waals surface area contributed by atoms with E-state index in [4.69, 9.17) is 0 Å². The van der Waals surface area contributed by atoms with Crippen molar-refractivity contribution in [2.75, 3.05) is 0 Å². The van der Waals surface area contributed by atoms with Gasteiger partial charge in [0.25, 0.3) is 5.91 Å². The van der Waals surface area contributed by atoms with E-state index in [2.05, 4.69) is 20.0 Å². The highest BCUT2D eigenvalue weighted by Gasteiger charge is 2.31. The van der Waals surface area contributed by atoms with Crippen LogP contribution in [0.2, 0.25) is 0 Å². The Kier molecular flexibility index (Phi) is 4.11. The van der Waals surface area contributed by atoms with Crippen LogP contribution >= 0.6 is 0 Å². The van der Waals surface area contributed by atoms with E-state index in [9.17, 15) is 18.0 Å². The van der Waals surface area contributed by atoms with Crippen LogP contribution in [0.1, 0.15) is 15.9 Å². The Morgan fingerprint density at radius 2 is 2.04 bits per heavy atom. The van der Waals surface area contributed by atoms with Crippen molar-refractivity contribution in [3.05, 3.63) is 59.9 Å². The van der Waals surface area contributed by atoms with Crippen molar-refractivity contribution < 1.29 is 22.7 Å². The van der Waals surface area contributed by atoms with Gasteiger partial charge in [0, 0.05) is 30.5 Å². The van der Waals surface area contributed by atoms with Gasteiger partial charge in [0.2, 0.25) is 5.88 Å². The third kappa shape index (κ3) is 3.83. The number of fused-ring (bicyclic) bond motifs is 1. The Labute approximate surface area is 134 Å². The molecule has 5 nitrogen and oxygen atoms in total. The summed E-state index contributed by atoms with van der Waals surface area (Å²) in [7, 11) is 0. The van der Waals surface area contributed by atoms with Gasteiger partial charge in [-0.05, 0) is 29.1 Å². The summed E-state index contributed by atoms with van der Waals surface area (Å²) in [4.78, 5) is 18.5. The lowest BCUT2D eigenvalue weighted by Crippen LogP contribution is -2.23. The van der Waals surface area contributed by atoms with E-state index in [0.29, 0.717) is 0 Å². The van der Waals surface area contributed by atoms with E-state index in [1.54, 1.807) is 0 Å². The molecule has 0 spiro atoms. The van der Waals surface area contributed by atoms with Crippen LogP contribution in [0.4, 0.5) is 13.2 Å². The van der Waals surface area contributed by atoms with Gasteiger partial charge in [-0.3, -0.25) is 4.79 Å². The zero-order valence-corrected chi connectivity index (χ0v) is 12.2. The number of nitrogens with one attached hydrogen (secondary N) is 2. The number of carbonyl (C=O) groups is 1. The molecule has 8 heteroatoms. The summed E-state index contributed by atoms with van der Waals surface area (Å²) in [6.45, 7) is 0.286. The number of H-pyrrole nitrogens is 1. The summed E-state index contributed by atoms with van der Waals surface area (Å²) >= 11 is 0. The molecule has 0 fully saturated rings. The molecule has 2 aromatic heterocycles. The predicted molar refractivity (Wildman–Crippen MR) is 80.4 cm³/mol. The number of amides is 1. The zero-order valence-electron chi connectivity index (χ0n) is 12.2. The number of alkyl halides is 3. The highest BCUT2D eigenvalue weighted by molar-refractivity contribution is 5.93. The zero-order chi connectivity index (χ0) is 17.2. The van der Waals surface area contributed by atoms with E-state index in [-0.39, 0.29) is 12.1 Å². The number of ether oxygens (including phenoxy) is 1. The van der Waals surface area contributed by atoms with E-state index >= 15 is 0 Å². The summed E-state index contributed by atoms with van der Waals surface area (Å²) in [5.74, 6) is -1.05. The quantitative estimate of drug-likeness (QED) is 0.768. The van der Waals surface area contributed by atoms with Gasteiger partial charge in [-0.25, -0.2) is 4.98 Å². The lowest BCUT2D eigenvalue weighted by molar-refractivity contribution is -0.276. The van der Waals surface area contributed by atoms with Crippen LogP contribution in [0, 0.1) is 0 Å².